The van der Waals surface area contributed by atoms with Crippen LogP contribution in [0.5, 0.6) is 5.75 Å². The van der Waals surface area contributed by atoms with E-state index in [-0.39, 0.29) is 30.7 Å². The van der Waals surface area contributed by atoms with E-state index < -0.39 is 17.5 Å². The summed E-state index contributed by atoms with van der Waals surface area (Å²) in [5, 5.41) is 0. The van der Waals surface area contributed by atoms with Crippen molar-refractivity contribution >= 4 is 5.78 Å². The van der Waals surface area contributed by atoms with E-state index in [9.17, 15) is 18.0 Å². The number of carbonyl (C=O) groups is 1. The molecule has 0 aliphatic heterocycles. The summed E-state index contributed by atoms with van der Waals surface area (Å²) in [6.07, 6.45) is -0.179. The second-order valence-corrected chi connectivity index (χ2v) is 4.94. The number of hydrogen-bond acceptors (Lipinski definition) is 2. The number of methoxy groups -OCH3 is 1. The third-order valence-electron chi connectivity index (χ3n) is 3.46. The Hall–Kier alpha value is -1.52. The fourth-order valence-electron chi connectivity index (χ4n) is 2.44. The molecule has 0 aromatic heterocycles. The predicted molar refractivity (Wildman–Crippen MR) is 64.2 cm³/mol. The van der Waals surface area contributed by atoms with Gasteiger partial charge in [-0.15, -0.1) is 0 Å². The molecule has 0 amide bonds. The summed E-state index contributed by atoms with van der Waals surface area (Å²) in [4.78, 5) is 11.9. The van der Waals surface area contributed by atoms with Crippen LogP contribution in [-0.2, 0) is 0 Å². The van der Waals surface area contributed by atoms with Gasteiger partial charge in [0.2, 0.25) is 5.92 Å². The molecule has 1 fully saturated rings. The molecule has 0 heterocycles. The minimum absolute atomic E-state index is 0.0289. The minimum Gasteiger partial charge on any atom is -0.497 e. The third-order valence-corrected chi connectivity index (χ3v) is 3.46. The standard InChI is InChI=1S/C14H15F3O2/c1-19-10-2-3-11(12(15)7-10)13(18)6-9-4-5-14(16,17)8-9/h2-3,7,9H,4-6,8H2,1H3. The van der Waals surface area contributed by atoms with Crippen molar-refractivity contribution in [2.75, 3.05) is 7.11 Å². The van der Waals surface area contributed by atoms with Gasteiger partial charge in [-0.1, -0.05) is 0 Å². The lowest BCUT2D eigenvalue weighted by Gasteiger charge is -2.10. The topological polar surface area (TPSA) is 26.3 Å². The summed E-state index contributed by atoms with van der Waals surface area (Å²) in [5.74, 6) is -3.81. The lowest BCUT2D eigenvalue weighted by Crippen LogP contribution is -2.12. The molecule has 2 rings (SSSR count). The molecule has 0 radical (unpaired) electrons. The highest BCUT2D eigenvalue weighted by molar-refractivity contribution is 5.96. The zero-order valence-corrected chi connectivity index (χ0v) is 10.6. The van der Waals surface area contributed by atoms with E-state index >= 15 is 0 Å². The van der Waals surface area contributed by atoms with Crippen molar-refractivity contribution < 1.29 is 22.7 Å². The normalized spacial score (nSPS) is 21.4. The van der Waals surface area contributed by atoms with E-state index in [0.717, 1.165) is 6.07 Å². The number of ketones is 1. The smallest absolute Gasteiger partial charge is 0.248 e. The van der Waals surface area contributed by atoms with E-state index in [1.54, 1.807) is 0 Å². The summed E-state index contributed by atoms with van der Waals surface area (Å²) in [6, 6.07) is 3.94. The molecule has 1 aromatic carbocycles. The summed E-state index contributed by atoms with van der Waals surface area (Å²) < 4.78 is 44.6. The Bertz CT molecular complexity index is 486. The number of carbonyl (C=O) groups excluding carboxylic acids is 1. The van der Waals surface area contributed by atoms with Gasteiger partial charge in [-0.25, -0.2) is 13.2 Å². The molecule has 1 aliphatic rings. The molecule has 19 heavy (non-hydrogen) atoms. The van der Waals surface area contributed by atoms with Gasteiger partial charge in [-0.2, -0.15) is 0 Å². The first-order chi connectivity index (χ1) is 8.91. The van der Waals surface area contributed by atoms with E-state index in [1.807, 2.05) is 0 Å². The first-order valence-corrected chi connectivity index (χ1v) is 6.16. The third kappa shape index (κ3) is 3.28. The fraction of sp³-hybridized carbons (Fsp3) is 0.500. The van der Waals surface area contributed by atoms with Gasteiger partial charge in [0.25, 0.3) is 0 Å². The lowest BCUT2D eigenvalue weighted by molar-refractivity contribution is 0.00497. The number of ether oxygens (including phenoxy) is 1. The quantitative estimate of drug-likeness (QED) is 0.778. The Kier molecular flexibility index (Phi) is 3.83. The van der Waals surface area contributed by atoms with Crippen molar-refractivity contribution in [2.45, 2.75) is 31.6 Å². The molecule has 104 valence electrons. The molecule has 1 aromatic rings. The Morgan fingerprint density at radius 3 is 2.74 bits per heavy atom. The molecule has 0 N–H and O–H groups in total. The van der Waals surface area contributed by atoms with Crippen LogP contribution in [0.3, 0.4) is 0 Å². The molecule has 2 nitrogen and oxygen atoms in total. The Balaban J connectivity index is 2.04. The van der Waals surface area contributed by atoms with Gasteiger partial charge in [-0.05, 0) is 24.5 Å². The van der Waals surface area contributed by atoms with Crippen molar-refractivity contribution in [2.24, 2.45) is 5.92 Å². The van der Waals surface area contributed by atoms with Crippen LogP contribution in [-0.4, -0.2) is 18.8 Å². The molecular formula is C14H15F3O2. The van der Waals surface area contributed by atoms with Crippen molar-refractivity contribution in [3.8, 4) is 5.75 Å². The number of Topliss-reactive ketones (excluding diaryl/α,β-unsaturated/α-hetero) is 1. The Morgan fingerprint density at radius 2 is 2.21 bits per heavy atom. The summed E-state index contributed by atoms with van der Waals surface area (Å²) in [7, 11) is 1.40. The van der Waals surface area contributed by atoms with Crippen LogP contribution in [0.2, 0.25) is 0 Å². The zero-order chi connectivity index (χ0) is 14.0. The molecule has 0 bridgehead atoms. The molecule has 1 atom stereocenters. The van der Waals surface area contributed by atoms with E-state index in [4.69, 9.17) is 4.74 Å². The summed E-state index contributed by atoms with van der Waals surface area (Å²) in [6.45, 7) is 0. The predicted octanol–water partition coefficient (Wildman–Crippen LogP) is 3.84. The molecule has 0 saturated heterocycles. The van der Waals surface area contributed by atoms with Crippen molar-refractivity contribution in [1.82, 2.24) is 0 Å². The average molecular weight is 272 g/mol. The van der Waals surface area contributed by atoms with Crippen LogP contribution in [0.15, 0.2) is 18.2 Å². The van der Waals surface area contributed by atoms with Gasteiger partial charge in [0, 0.05) is 25.3 Å². The fourth-order valence-corrected chi connectivity index (χ4v) is 2.44. The SMILES string of the molecule is COc1ccc(C(=O)CC2CCC(F)(F)C2)c(F)c1. The second kappa shape index (κ2) is 5.23. The highest BCUT2D eigenvalue weighted by atomic mass is 19.3. The van der Waals surface area contributed by atoms with Gasteiger partial charge < -0.3 is 4.74 Å². The summed E-state index contributed by atoms with van der Waals surface area (Å²) >= 11 is 0. The van der Waals surface area contributed by atoms with Gasteiger partial charge >= 0.3 is 0 Å². The van der Waals surface area contributed by atoms with Crippen LogP contribution in [0.25, 0.3) is 0 Å². The van der Waals surface area contributed by atoms with Gasteiger partial charge in [-0.3, -0.25) is 4.79 Å². The first-order valence-electron chi connectivity index (χ1n) is 6.16. The highest BCUT2D eigenvalue weighted by Gasteiger charge is 2.40. The highest BCUT2D eigenvalue weighted by Crippen LogP contribution is 2.40. The van der Waals surface area contributed by atoms with Crippen LogP contribution >= 0.6 is 0 Å². The number of benzene rings is 1. The van der Waals surface area contributed by atoms with Crippen molar-refractivity contribution in [3.63, 3.8) is 0 Å². The maximum absolute atomic E-state index is 13.7. The average Bonchev–Trinajstić information content (AvgIpc) is 2.68. The first kappa shape index (κ1) is 13.9. The maximum Gasteiger partial charge on any atom is 0.248 e. The van der Waals surface area contributed by atoms with E-state index in [1.165, 1.54) is 19.2 Å². The molecule has 0 spiro atoms. The van der Waals surface area contributed by atoms with E-state index in [0.29, 0.717) is 12.2 Å². The zero-order valence-electron chi connectivity index (χ0n) is 10.6. The molecular weight excluding hydrogens is 257 g/mol. The van der Waals surface area contributed by atoms with Crippen LogP contribution < -0.4 is 4.74 Å². The Morgan fingerprint density at radius 1 is 1.47 bits per heavy atom. The van der Waals surface area contributed by atoms with E-state index in [2.05, 4.69) is 0 Å². The largest absolute Gasteiger partial charge is 0.497 e. The van der Waals surface area contributed by atoms with Crippen molar-refractivity contribution in [1.29, 1.82) is 0 Å². The number of hydrogen-bond donors (Lipinski definition) is 0. The number of rotatable bonds is 4. The maximum atomic E-state index is 13.7. The molecule has 1 aliphatic carbocycles. The van der Waals surface area contributed by atoms with Gasteiger partial charge in [0.05, 0.1) is 12.7 Å². The minimum atomic E-state index is -2.68. The van der Waals surface area contributed by atoms with Gasteiger partial charge in [0.15, 0.2) is 5.78 Å². The van der Waals surface area contributed by atoms with Crippen LogP contribution in [0, 0.1) is 11.7 Å². The molecule has 1 unspecified atom stereocenters. The Labute approximate surface area is 109 Å². The number of halogens is 3. The lowest BCUT2D eigenvalue weighted by atomic mass is 9.96. The number of alkyl halides is 2. The van der Waals surface area contributed by atoms with Crippen LogP contribution in [0.1, 0.15) is 36.0 Å². The molecule has 5 heteroatoms. The summed E-state index contributed by atoms with van der Waals surface area (Å²) in [5.41, 5.74) is -0.0592. The monoisotopic (exact) mass is 272 g/mol. The van der Waals surface area contributed by atoms with Crippen molar-refractivity contribution in [3.05, 3.63) is 29.6 Å². The molecule has 1 saturated carbocycles. The van der Waals surface area contributed by atoms with Gasteiger partial charge in [0.1, 0.15) is 11.6 Å². The second-order valence-electron chi connectivity index (χ2n) is 4.94. The van der Waals surface area contributed by atoms with Crippen LogP contribution in [0.4, 0.5) is 13.2 Å².